The second-order valence-electron chi connectivity index (χ2n) is 4.58. The molecule has 0 radical (unpaired) electrons. The van der Waals surface area contributed by atoms with E-state index in [4.69, 9.17) is 4.74 Å². The molecule has 3 aromatic rings. The molecule has 2 N–H and O–H groups in total. The predicted molar refractivity (Wildman–Crippen MR) is 90.6 cm³/mol. The topological polar surface area (TPSA) is 62.6 Å². The van der Waals surface area contributed by atoms with Crippen molar-refractivity contribution in [1.82, 2.24) is 4.98 Å². The van der Waals surface area contributed by atoms with Gasteiger partial charge in [0.05, 0.1) is 18.4 Å². The van der Waals surface area contributed by atoms with Crippen LogP contribution < -0.4 is 4.74 Å². The maximum absolute atomic E-state index is 9.94. The van der Waals surface area contributed by atoms with E-state index in [1.807, 2.05) is 23.6 Å². The van der Waals surface area contributed by atoms with Gasteiger partial charge in [0.2, 0.25) is 0 Å². The van der Waals surface area contributed by atoms with Crippen LogP contribution in [0.4, 0.5) is 0 Å². The van der Waals surface area contributed by atoms with Crippen LogP contribution in [0.2, 0.25) is 0 Å². The van der Waals surface area contributed by atoms with Crippen molar-refractivity contribution in [2.75, 3.05) is 7.11 Å². The first-order valence-electron chi connectivity index (χ1n) is 6.40. The molecule has 0 aliphatic carbocycles. The fraction of sp³-hybridized carbons (Fsp3) is 0.0625. The van der Waals surface area contributed by atoms with Gasteiger partial charge in [-0.1, -0.05) is 15.9 Å². The summed E-state index contributed by atoms with van der Waals surface area (Å²) < 4.78 is 6.31. The van der Waals surface area contributed by atoms with Gasteiger partial charge in [-0.05, 0) is 30.3 Å². The van der Waals surface area contributed by atoms with Crippen molar-refractivity contribution in [2.24, 2.45) is 0 Å². The van der Waals surface area contributed by atoms with Gasteiger partial charge in [0.15, 0.2) is 0 Å². The van der Waals surface area contributed by atoms with E-state index >= 15 is 0 Å². The number of nitrogens with zero attached hydrogens (tertiary/aromatic N) is 1. The van der Waals surface area contributed by atoms with E-state index in [9.17, 15) is 10.2 Å². The summed E-state index contributed by atoms with van der Waals surface area (Å²) in [4.78, 5) is 4.57. The summed E-state index contributed by atoms with van der Waals surface area (Å²) >= 11 is 4.91. The minimum absolute atomic E-state index is 0.00180. The predicted octanol–water partition coefficient (Wildman–Crippen LogP) is 4.66. The largest absolute Gasteiger partial charge is 0.508 e. The van der Waals surface area contributed by atoms with Crippen molar-refractivity contribution in [3.63, 3.8) is 0 Å². The number of phenols is 2. The number of aromatic hydroxyl groups is 2. The molecule has 0 aliphatic rings. The van der Waals surface area contributed by atoms with Gasteiger partial charge in [0.1, 0.15) is 22.3 Å². The SMILES string of the molecule is COc1ccc(Br)cc1-c1nc(-c2ccc(O)cc2O)cs1. The maximum atomic E-state index is 9.94. The van der Waals surface area contributed by atoms with Crippen LogP contribution in [0.5, 0.6) is 17.2 Å². The zero-order valence-corrected chi connectivity index (χ0v) is 14.0. The minimum Gasteiger partial charge on any atom is -0.508 e. The first-order chi connectivity index (χ1) is 10.6. The summed E-state index contributed by atoms with van der Waals surface area (Å²) in [5, 5.41) is 22.0. The number of methoxy groups -OCH3 is 1. The summed E-state index contributed by atoms with van der Waals surface area (Å²) in [6, 6.07) is 10.2. The van der Waals surface area contributed by atoms with Gasteiger partial charge in [-0.25, -0.2) is 4.98 Å². The average molecular weight is 378 g/mol. The zero-order chi connectivity index (χ0) is 15.7. The van der Waals surface area contributed by atoms with Gasteiger partial charge in [0.25, 0.3) is 0 Å². The van der Waals surface area contributed by atoms with Crippen molar-refractivity contribution in [3.8, 4) is 39.1 Å². The fourth-order valence-electron chi connectivity index (χ4n) is 2.11. The number of hydrogen-bond acceptors (Lipinski definition) is 5. The number of hydrogen-bond donors (Lipinski definition) is 2. The van der Waals surface area contributed by atoms with E-state index in [1.165, 1.54) is 23.5 Å². The highest BCUT2D eigenvalue weighted by atomic mass is 79.9. The Morgan fingerprint density at radius 2 is 1.91 bits per heavy atom. The Morgan fingerprint density at radius 1 is 1.09 bits per heavy atom. The molecule has 0 aliphatic heterocycles. The molecule has 22 heavy (non-hydrogen) atoms. The molecular weight excluding hydrogens is 366 g/mol. The molecule has 1 aromatic heterocycles. The average Bonchev–Trinajstić information content (AvgIpc) is 2.96. The summed E-state index contributed by atoms with van der Waals surface area (Å²) in [5.41, 5.74) is 2.11. The molecule has 2 aromatic carbocycles. The van der Waals surface area contributed by atoms with Crippen LogP contribution in [0.1, 0.15) is 0 Å². The second kappa shape index (κ2) is 5.98. The highest BCUT2D eigenvalue weighted by Crippen LogP contribution is 2.38. The first kappa shape index (κ1) is 14.9. The molecule has 1 heterocycles. The lowest BCUT2D eigenvalue weighted by Crippen LogP contribution is -1.88. The molecule has 112 valence electrons. The molecular formula is C16H12BrNO3S. The molecule has 0 unspecified atom stereocenters. The summed E-state index contributed by atoms with van der Waals surface area (Å²) in [6.45, 7) is 0. The Morgan fingerprint density at radius 3 is 2.64 bits per heavy atom. The van der Waals surface area contributed by atoms with Crippen molar-refractivity contribution in [2.45, 2.75) is 0 Å². The van der Waals surface area contributed by atoms with Crippen molar-refractivity contribution in [1.29, 1.82) is 0 Å². The van der Waals surface area contributed by atoms with Gasteiger partial charge >= 0.3 is 0 Å². The Hall–Kier alpha value is -2.05. The van der Waals surface area contributed by atoms with Crippen LogP contribution in [0.15, 0.2) is 46.3 Å². The third kappa shape index (κ3) is 2.80. The number of halogens is 1. The van der Waals surface area contributed by atoms with Crippen LogP contribution in [0.25, 0.3) is 21.8 Å². The van der Waals surface area contributed by atoms with Crippen LogP contribution >= 0.6 is 27.3 Å². The first-order valence-corrected chi connectivity index (χ1v) is 8.07. The molecule has 0 saturated heterocycles. The standard InChI is InChI=1S/C16H12BrNO3S/c1-21-15-5-2-9(17)6-12(15)16-18-13(8-22-16)11-4-3-10(19)7-14(11)20/h2-8,19-20H,1H3. The lowest BCUT2D eigenvalue weighted by Gasteiger charge is -2.06. The van der Waals surface area contributed by atoms with E-state index in [1.54, 1.807) is 13.2 Å². The normalized spacial score (nSPS) is 10.6. The molecule has 0 spiro atoms. The summed E-state index contributed by atoms with van der Waals surface area (Å²) in [5.74, 6) is 0.752. The molecule has 0 fully saturated rings. The highest BCUT2D eigenvalue weighted by Gasteiger charge is 2.14. The number of phenolic OH excluding ortho intramolecular Hbond substituents is 2. The molecule has 0 amide bonds. The van der Waals surface area contributed by atoms with E-state index in [0.717, 1.165) is 20.8 Å². The van der Waals surface area contributed by atoms with E-state index < -0.39 is 0 Å². The fourth-order valence-corrected chi connectivity index (χ4v) is 3.31. The Labute approximate surface area is 139 Å². The monoisotopic (exact) mass is 377 g/mol. The summed E-state index contributed by atoms with van der Waals surface area (Å²) in [6.07, 6.45) is 0. The second-order valence-corrected chi connectivity index (χ2v) is 6.36. The van der Waals surface area contributed by atoms with Gasteiger partial charge in [-0.15, -0.1) is 11.3 Å². The lowest BCUT2D eigenvalue weighted by atomic mass is 10.1. The Bertz CT molecular complexity index is 832. The quantitative estimate of drug-likeness (QED) is 0.696. The number of thiazole rings is 1. The maximum Gasteiger partial charge on any atom is 0.129 e. The Kier molecular flexibility index (Phi) is 4.04. The van der Waals surface area contributed by atoms with Gasteiger partial charge in [0, 0.05) is 21.5 Å². The van der Waals surface area contributed by atoms with Crippen LogP contribution in [-0.4, -0.2) is 22.3 Å². The molecule has 6 heteroatoms. The van der Waals surface area contributed by atoms with E-state index in [2.05, 4.69) is 20.9 Å². The van der Waals surface area contributed by atoms with Gasteiger partial charge < -0.3 is 14.9 Å². The highest BCUT2D eigenvalue weighted by molar-refractivity contribution is 9.10. The smallest absolute Gasteiger partial charge is 0.129 e. The van der Waals surface area contributed by atoms with Gasteiger partial charge in [-0.3, -0.25) is 0 Å². The van der Waals surface area contributed by atoms with Gasteiger partial charge in [-0.2, -0.15) is 0 Å². The number of benzene rings is 2. The number of aromatic nitrogens is 1. The molecule has 0 atom stereocenters. The molecule has 0 bridgehead atoms. The van der Waals surface area contributed by atoms with Crippen LogP contribution in [0, 0.1) is 0 Å². The van der Waals surface area contributed by atoms with Crippen molar-refractivity contribution < 1.29 is 14.9 Å². The lowest BCUT2D eigenvalue weighted by molar-refractivity contribution is 0.416. The molecule has 0 saturated carbocycles. The third-order valence-corrected chi connectivity index (χ3v) is 4.52. The molecule has 3 rings (SSSR count). The minimum atomic E-state index is -0.00180. The number of ether oxygens (including phenoxy) is 1. The van der Waals surface area contributed by atoms with E-state index in [-0.39, 0.29) is 11.5 Å². The summed E-state index contributed by atoms with van der Waals surface area (Å²) in [7, 11) is 1.62. The third-order valence-electron chi connectivity index (χ3n) is 3.15. The number of rotatable bonds is 3. The van der Waals surface area contributed by atoms with Crippen molar-refractivity contribution in [3.05, 3.63) is 46.3 Å². The van der Waals surface area contributed by atoms with Crippen molar-refractivity contribution >= 4 is 27.3 Å². The molecule has 4 nitrogen and oxygen atoms in total. The Balaban J connectivity index is 2.06. The van der Waals surface area contributed by atoms with E-state index in [0.29, 0.717) is 11.3 Å². The van der Waals surface area contributed by atoms with Crippen LogP contribution in [-0.2, 0) is 0 Å². The van der Waals surface area contributed by atoms with Crippen LogP contribution in [0.3, 0.4) is 0 Å². The zero-order valence-electron chi connectivity index (χ0n) is 11.6.